The van der Waals surface area contributed by atoms with Crippen LogP contribution in [0.3, 0.4) is 0 Å². The first-order valence-corrected chi connectivity index (χ1v) is 16.0. The zero-order chi connectivity index (χ0) is 31.3. The van der Waals surface area contributed by atoms with Crippen molar-refractivity contribution >= 4 is 52.2 Å². The van der Waals surface area contributed by atoms with Gasteiger partial charge in [0.15, 0.2) is 0 Å². The molecular formula is C34H33N3O5S2. The van der Waals surface area contributed by atoms with Gasteiger partial charge in [-0.1, -0.05) is 85.8 Å². The second-order valence-corrected chi connectivity index (χ2v) is 14.3. The van der Waals surface area contributed by atoms with Crippen molar-refractivity contribution < 1.29 is 19.1 Å². The number of nitrogens with one attached hydrogen (secondary N) is 1. The van der Waals surface area contributed by atoms with E-state index >= 15 is 0 Å². The highest BCUT2D eigenvalue weighted by Crippen LogP contribution is 2.54. The van der Waals surface area contributed by atoms with Gasteiger partial charge in [-0.2, -0.15) is 0 Å². The Morgan fingerprint density at radius 3 is 2.18 bits per heavy atom. The lowest BCUT2D eigenvalue weighted by Gasteiger charge is -2.31. The number of imide groups is 1. The number of nitrogens with zero attached hydrogens (tertiary/aromatic N) is 2. The summed E-state index contributed by atoms with van der Waals surface area (Å²) >= 11 is 2.25. The largest absolute Gasteiger partial charge is 0.497 e. The zero-order valence-corrected chi connectivity index (χ0v) is 26.8. The second kappa shape index (κ2) is 11.4. The Morgan fingerprint density at radius 2 is 1.57 bits per heavy atom. The van der Waals surface area contributed by atoms with Crippen LogP contribution in [-0.4, -0.2) is 34.6 Å². The number of anilines is 2. The molecule has 3 heterocycles. The lowest BCUT2D eigenvalue weighted by molar-refractivity contribution is -0.122. The van der Waals surface area contributed by atoms with Crippen LogP contribution in [0.1, 0.15) is 48.3 Å². The molecule has 6 rings (SSSR count). The lowest BCUT2D eigenvalue weighted by Crippen LogP contribution is -2.33. The number of thiazole rings is 1. The first-order valence-electron chi connectivity index (χ1n) is 14.4. The molecule has 8 nitrogen and oxygen atoms in total. The summed E-state index contributed by atoms with van der Waals surface area (Å²) in [6.07, 6.45) is 0. The molecule has 1 N–H and O–H groups in total. The fourth-order valence-corrected chi connectivity index (χ4v) is 8.54. The zero-order valence-electron chi connectivity index (χ0n) is 25.1. The van der Waals surface area contributed by atoms with Gasteiger partial charge in [-0.3, -0.25) is 23.7 Å². The number of amides is 3. The van der Waals surface area contributed by atoms with Crippen molar-refractivity contribution in [3.63, 3.8) is 0 Å². The number of benzene rings is 3. The van der Waals surface area contributed by atoms with E-state index in [1.165, 1.54) is 21.2 Å². The highest BCUT2D eigenvalue weighted by Gasteiger charge is 2.56. The standard InChI is InChI=1S/C34H33N3O5S2/c1-19-6-14-23(15-7-19)37-30(39)27-26(20-8-10-21(11-9-20)34(2,3)4)29-32(43-28(27)31(37)40)36(33(41)44-29)18-25(38)35-22-12-16-24(42-5)17-13-22/h6-17,26-28H,18H2,1-5H3,(H,35,38)/t26-,27?,28?/m1/s1. The summed E-state index contributed by atoms with van der Waals surface area (Å²) in [5, 5.41) is 2.65. The summed E-state index contributed by atoms with van der Waals surface area (Å²) in [4.78, 5) is 56.3. The number of aryl methyl sites for hydroxylation is 1. The van der Waals surface area contributed by atoms with Gasteiger partial charge in [0.05, 0.1) is 23.7 Å². The van der Waals surface area contributed by atoms with Crippen LogP contribution >= 0.6 is 23.1 Å². The van der Waals surface area contributed by atoms with E-state index in [-0.39, 0.29) is 34.6 Å². The molecule has 1 aromatic heterocycles. The number of aromatic nitrogens is 1. The van der Waals surface area contributed by atoms with Crippen molar-refractivity contribution in [1.82, 2.24) is 4.57 Å². The van der Waals surface area contributed by atoms with E-state index in [0.29, 0.717) is 27.0 Å². The van der Waals surface area contributed by atoms with E-state index < -0.39 is 17.1 Å². The molecule has 3 amide bonds. The van der Waals surface area contributed by atoms with Crippen LogP contribution in [0.5, 0.6) is 5.75 Å². The number of hydrogen-bond acceptors (Lipinski definition) is 7. The molecule has 2 aliphatic heterocycles. The number of thioether (sulfide) groups is 1. The average Bonchev–Trinajstić information content (AvgIpc) is 3.43. The third-order valence-corrected chi connectivity index (χ3v) is 10.8. The van der Waals surface area contributed by atoms with Crippen LogP contribution in [0.15, 0.2) is 82.6 Å². The Kier molecular flexibility index (Phi) is 7.75. The summed E-state index contributed by atoms with van der Waals surface area (Å²) in [6.45, 7) is 8.13. The maximum Gasteiger partial charge on any atom is 0.308 e. The Balaban J connectivity index is 1.40. The van der Waals surface area contributed by atoms with Gasteiger partial charge in [-0.15, -0.1) is 0 Å². The number of fused-ring (bicyclic) bond motifs is 2. The lowest BCUT2D eigenvalue weighted by atomic mass is 9.81. The Hall–Kier alpha value is -4.15. The smallest absolute Gasteiger partial charge is 0.308 e. The molecule has 0 saturated carbocycles. The van der Waals surface area contributed by atoms with Gasteiger partial charge in [0.1, 0.15) is 17.5 Å². The van der Waals surface area contributed by atoms with Crippen molar-refractivity contribution in [2.24, 2.45) is 5.92 Å². The van der Waals surface area contributed by atoms with Gasteiger partial charge in [-0.05, 0) is 59.9 Å². The second-order valence-electron chi connectivity index (χ2n) is 12.2. The number of ether oxygens (including phenoxy) is 1. The van der Waals surface area contributed by atoms with Gasteiger partial charge in [0.25, 0.3) is 0 Å². The number of rotatable bonds is 6. The highest BCUT2D eigenvalue weighted by molar-refractivity contribution is 8.00. The number of carbonyl (C=O) groups excluding carboxylic acids is 3. The van der Waals surface area contributed by atoms with E-state index in [1.807, 2.05) is 43.3 Å². The predicted octanol–water partition coefficient (Wildman–Crippen LogP) is 5.96. The minimum Gasteiger partial charge on any atom is -0.497 e. The monoisotopic (exact) mass is 627 g/mol. The van der Waals surface area contributed by atoms with Gasteiger partial charge in [0.2, 0.25) is 17.7 Å². The Labute approximate surface area is 264 Å². The van der Waals surface area contributed by atoms with E-state index in [1.54, 1.807) is 43.5 Å². The minimum absolute atomic E-state index is 0.0680. The quantitative estimate of drug-likeness (QED) is 0.265. The van der Waals surface area contributed by atoms with Crippen LogP contribution in [0.4, 0.5) is 11.4 Å². The van der Waals surface area contributed by atoms with Crippen molar-refractivity contribution in [1.29, 1.82) is 0 Å². The van der Waals surface area contributed by atoms with Crippen LogP contribution in [-0.2, 0) is 26.3 Å². The van der Waals surface area contributed by atoms with Crippen molar-refractivity contribution in [3.05, 3.63) is 104 Å². The molecule has 1 saturated heterocycles. The molecule has 2 aliphatic rings. The molecule has 226 valence electrons. The predicted molar refractivity (Wildman–Crippen MR) is 174 cm³/mol. The van der Waals surface area contributed by atoms with E-state index in [2.05, 4.69) is 26.1 Å². The van der Waals surface area contributed by atoms with Gasteiger partial charge >= 0.3 is 4.87 Å². The van der Waals surface area contributed by atoms with Gasteiger partial charge in [0, 0.05) is 16.5 Å². The van der Waals surface area contributed by atoms with Crippen LogP contribution < -0.4 is 19.8 Å². The first-order chi connectivity index (χ1) is 21.0. The molecule has 0 aliphatic carbocycles. The molecule has 1 fully saturated rings. The van der Waals surface area contributed by atoms with Crippen LogP contribution in [0, 0.1) is 12.8 Å². The summed E-state index contributed by atoms with van der Waals surface area (Å²) in [6, 6.07) is 22.4. The van der Waals surface area contributed by atoms with Crippen molar-refractivity contribution in [2.75, 3.05) is 17.3 Å². The fraction of sp³-hybridized carbons (Fsp3) is 0.294. The molecule has 4 aromatic rings. The normalized spacial score (nSPS) is 19.5. The third kappa shape index (κ3) is 5.37. The Bertz CT molecular complexity index is 1800. The SMILES string of the molecule is COc1ccc(NC(=O)Cn2c3c(sc2=O)[C@H](c2ccc(C(C)(C)C)cc2)C2C(=O)N(c4ccc(C)cc4)C(=O)C2S3)cc1. The van der Waals surface area contributed by atoms with E-state index in [4.69, 9.17) is 4.74 Å². The molecule has 0 spiro atoms. The maximum atomic E-state index is 14.1. The number of methoxy groups -OCH3 is 1. The van der Waals surface area contributed by atoms with E-state index in [9.17, 15) is 19.2 Å². The number of hydrogen-bond donors (Lipinski definition) is 1. The summed E-state index contributed by atoms with van der Waals surface area (Å²) < 4.78 is 6.62. The molecule has 3 aromatic carbocycles. The summed E-state index contributed by atoms with van der Waals surface area (Å²) in [5.41, 5.74) is 4.05. The average molecular weight is 628 g/mol. The number of carbonyl (C=O) groups is 3. The van der Waals surface area contributed by atoms with Crippen molar-refractivity contribution in [2.45, 2.75) is 55.8 Å². The topological polar surface area (TPSA) is 97.7 Å². The molecule has 44 heavy (non-hydrogen) atoms. The van der Waals surface area contributed by atoms with Crippen LogP contribution in [0.25, 0.3) is 0 Å². The summed E-state index contributed by atoms with van der Waals surface area (Å²) in [5.74, 6) is -1.52. The third-order valence-electron chi connectivity index (χ3n) is 8.15. The molecular weight excluding hydrogens is 595 g/mol. The molecule has 0 bridgehead atoms. The Morgan fingerprint density at radius 1 is 0.909 bits per heavy atom. The van der Waals surface area contributed by atoms with E-state index in [0.717, 1.165) is 28.0 Å². The minimum atomic E-state index is -0.742. The maximum absolute atomic E-state index is 14.1. The van der Waals surface area contributed by atoms with Crippen molar-refractivity contribution in [3.8, 4) is 5.75 Å². The fourth-order valence-electron chi connectivity index (χ4n) is 5.77. The molecule has 0 radical (unpaired) electrons. The van der Waals surface area contributed by atoms with Gasteiger partial charge in [-0.25, -0.2) is 4.90 Å². The summed E-state index contributed by atoms with van der Waals surface area (Å²) in [7, 11) is 1.57. The molecule has 2 unspecified atom stereocenters. The first kappa shape index (κ1) is 29.9. The molecule has 10 heteroatoms. The van der Waals surface area contributed by atoms with Gasteiger partial charge < -0.3 is 10.1 Å². The van der Waals surface area contributed by atoms with Crippen LogP contribution in [0.2, 0.25) is 0 Å². The highest BCUT2D eigenvalue weighted by atomic mass is 32.2. The molecule has 3 atom stereocenters.